The van der Waals surface area contributed by atoms with E-state index in [0.29, 0.717) is 0 Å². The van der Waals surface area contributed by atoms with Crippen molar-refractivity contribution >= 4 is 5.97 Å². The first-order chi connectivity index (χ1) is 9.11. The summed E-state index contributed by atoms with van der Waals surface area (Å²) >= 11 is 0. The Labute approximate surface area is 111 Å². The van der Waals surface area contributed by atoms with Gasteiger partial charge in [0, 0.05) is 0 Å². The molecule has 19 heavy (non-hydrogen) atoms. The van der Waals surface area contributed by atoms with Crippen LogP contribution >= 0.6 is 0 Å². The van der Waals surface area contributed by atoms with E-state index >= 15 is 0 Å². The summed E-state index contributed by atoms with van der Waals surface area (Å²) in [4.78, 5) is 11.0. The Morgan fingerprint density at radius 3 is 2.42 bits per heavy atom. The molecule has 2 rings (SSSR count). The van der Waals surface area contributed by atoms with Crippen LogP contribution in [0.1, 0.15) is 27.5 Å². The van der Waals surface area contributed by atoms with Crippen molar-refractivity contribution in [1.29, 1.82) is 0 Å². The van der Waals surface area contributed by atoms with Crippen LogP contribution in [0, 0.1) is 0 Å². The van der Waals surface area contributed by atoms with Gasteiger partial charge in [0.25, 0.3) is 0 Å². The fraction of sp³-hybridized carbons (Fsp3) is 0.133. The van der Waals surface area contributed by atoms with E-state index in [2.05, 4.69) is 0 Å². The summed E-state index contributed by atoms with van der Waals surface area (Å²) in [6.45, 7) is 0. The molecular formula is C15H15NO3. The largest absolute Gasteiger partial charge is 0.497 e. The molecule has 0 radical (unpaired) electrons. The minimum atomic E-state index is -0.959. The van der Waals surface area contributed by atoms with Crippen LogP contribution in [0.25, 0.3) is 0 Å². The number of carbonyl (C=O) groups is 1. The number of benzene rings is 2. The molecule has 1 atom stereocenters. The highest BCUT2D eigenvalue weighted by molar-refractivity contribution is 5.87. The number of methoxy groups -OCH3 is 1. The zero-order chi connectivity index (χ0) is 13.8. The summed E-state index contributed by atoms with van der Waals surface area (Å²) < 4.78 is 5.15. The van der Waals surface area contributed by atoms with Gasteiger partial charge < -0.3 is 15.6 Å². The highest BCUT2D eigenvalue weighted by atomic mass is 16.5. The van der Waals surface area contributed by atoms with Crippen LogP contribution in [0.2, 0.25) is 0 Å². The van der Waals surface area contributed by atoms with Gasteiger partial charge in [0.1, 0.15) is 5.75 Å². The second-order valence-corrected chi connectivity index (χ2v) is 4.18. The van der Waals surface area contributed by atoms with Gasteiger partial charge >= 0.3 is 5.97 Å². The van der Waals surface area contributed by atoms with E-state index in [-0.39, 0.29) is 11.6 Å². The Morgan fingerprint density at radius 1 is 1.16 bits per heavy atom. The molecule has 0 aliphatic carbocycles. The highest BCUT2D eigenvalue weighted by Gasteiger charge is 2.12. The predicted molar refractivity (Wildman–Crippen MR) is 72.4 cm³/mol. The molecule has 0 spiro atoms. The zero-order valence-electron chi connectivity index (χ0n) is 10.5. The van der Waals surface area contributed by atoms with E-state index in [9.17, 15) is 4.79 Å². The normalized spacial score (nSPS) is 11.9. The summed E-state index contributed by atoms with van der Waals surface area (Å²) in [5.74, 6) is -0.234. The van der Waals surface area contributed by atoms with Crippen LogP contribution in [0.5, 0.6) is 5.75 Å². The number of ether oxygens (including phenoxy) is 1. The van der Waals surface area contributed by atoms with Gasteiger partial charge in [0.05, 0.1) is 18.7 Å². The third-order valence-corrected chi connectivity index (χ3v) is 2.95. The first-order valence-electron chi connectivity index (χ1n) is 5.84. The molecule has 0 amide bonds. The maximum Gasteiger partial charge on any atom is 0.335 e. The number of rotatable bonds is 4. The fourth-order valence-electron chi connectivity index (χ4n) is 1.89. The molecule has 3 N–H and O–H groups in total. The Kier molecular flexibility index (Phi) is 3.82. The molecule has 2 aromatic rings. The molecule has 0 bridgehead atoms. The van der Waals surface area contributed by atoms with E-state index in [1.54, 1.807) is 25.3 Å². The monoisotopic (exact) mass is 257 g/mol. The minimum Gasteiger partial charge on any atom is -0.497 e. The molecule has 4 heteroatoms. The molecular weight excluding hydrogens is 242 g/mol. The summed E-state index contributed by atoms with van der Waals surface area (Å²) in [6.07, 6.45) is 0. The second-order valence-electron chi connectivity index (χ2n) is 4.18. The SMILES string of the molecule is COc1cccc(C(N)c2cccc(C(=O)O)c2)c1. The summed E-state index contributed by atoms with van der Waals surface area (Å²) in [5, 5.41) is 8.98. The van der Waals surface area contributed by atoms with E-state index in [1.165, 1.54) is 0 Å². The molecule has 98 valence electrons. The lowest BCUT2D eigenvalue weighted by molar-refractivity contribution is 0.0696. The first-order valence-corrected chi connectivity index (χ1v) is 5.84. The van der Waals surface area contributed by atoms with Gasteiger partial charge in [-0.25, -0.2) is 4.79 Å². The smallest absolute Gasteiger partial charge is 0.335 e. The van der Waals surface area contributed by atoms with Crippen LogP contribution < -0.4 is 10.5 Å². The maximum atomic E-state index is 11.0. The van der Waals surface area contributed by atoms with Crippen molar-refractivity contribution in [3.8, 4) is 5.75 Å². The van der Waals surface area contributed by atoms with Crippen molar-refractivity contribution in [3.63, 3.8) is 0 Å². The van der Waals surface area contributed by atoms with Gasteiger partial charge in [-0.2, -0.15) is 0 Å². The van der Waals surface area contributed by atoms with Crippen LogP contribution in [-0.4, -0.2) is 18.2 Å². The minimum absolute atomic E-state index is 0.232. The Hall–Kier alpha value is -2.33. The molecule has 0 aliphatic heterocycles. The van der Waals surface area contributed by atoms with Crippen molar-refractivity contribution in [2.75, 3.05) is 7.11 Å². The molecule has 0 saturated carbocycles. The number of nitrogens with two attached hydrogens (primary N) is 1. The van der Waals surface area contributed by atoms with Crippen LogP contribution in [0.4, 0.5) is 0 Å². The van der Waals surface area contributed by atoms with Gasteiger partial charge in [0.2, 0.25) is 0 Å². The Balaban J connectivity index is 2.35. The van der Waals surface area contributed by atoms with Gasteiger partial charge in [0.15, 0.2) is 0 Å². The fourth-order valence-corrected chi connectivity index (χ4v) is 1.89. The molecule has 0 fully saturated rings. The van der Waals surface area contributed by atoms with Gasteiger partial charge in [-0.15, -0.1) is 0 Å². The van der Waals surface area contributed by atoms with E-state index in [0.717, 1.165) is 16.9 Å². The first kappa shape index (κ1) is 13.1. The van der Waals surface area contributed by atoms with Crippen LogP contribution in [-0.2, 0) is 0 Å². The number of hydrogen-bond acceptors (Lipinski definition) is 3. The lowest BCUT2D eigenvalue weighted by Gasteiger charge is -2.14. The molecule has 0 heterocycles. The van der Waals surface area contributed by atoms with Crippen LogP contribution in [0.3, 0.4) is 0 Å². The number of aromatic carboxylic acids is 1. The average molecular weight is 257 g/mol. The molecule has 2 aromatic carbocycles. The summed E-state index contributed by atoms with van der Waals surface area (Å²) in [5.41, 5.74) is 8.03. The maximum absolute atomic E-state index is 11.0. The Bertz CT molecular complexity index is 595. The molecule has 1 unspecified atom stereocenters. The van der Waals surface area contributed by atoms with Crippen molar-refractivity contribution in [2.45, 2.75) is 6.04 Å². The summed E-state index contributed by atoms with van der Waals surface area (Å²) in [6, 6.07) is 13.7. The van der Waals surface area contributed by atoms with Crippen molar-refractivity contribution in [3.05, 3.63) is 65.2 Å². The van der Waals surface area contributed by atoms with Crippen molar-refractivity contribution < 1.29 is 14.6 Å². The summed E-state index contributed by atoms with van der Waals surface area (Å²) in [7, 11) is 1.59. The van der Waals surface area contributed by atoms with Crippen molar-refractivity contribution in [1.82, 2.24) is 0 Å². The van der Waals surface area contributed by atoms with E-state index in [1.807, 2.05) is 30.3 Å². The molecule has 0 saturated heterocycles. The molecule has 0 aliphatic rings. The average Bonchev–Trinajstić information content (AvgIpc) is 2.46. The third-order valence-electron chi connectivity index (χ3n) is 2.95. The number of carboxylic acids is 1. The Morgan fingerprint density at radius 2 is 1.79 bits per heavy atom. The van der Waals surface area contributed by atoms with Crippen molar-refractivity contribution in [2.24, 2.45) is 5.73 Å². The predicted octanol–water partition coefficient (Wildman–Crippen LogP) is 2.44. The topological polar surface area (TPSA) is 72.5 Å². The van der Waals surface area contributed by atoms with Gasteiger partial charge in [-0.1, -0.05) is 24.3 Å². The third kappa shape index (κ3) is 2.92. The molecule has 0 aromatic heterocycles. The van der Waals surface area contributed by atoms with E-state index < -0.39 is 5.97 Å². The molecule has 4 nitrogen and oxygen atoms in total. The van der Waals surface area contributed by atoms with Gasteiger partial charge in [-0.3, -0.25) is 0 Å². The number of hydrogen-bond donors (Lipinski definition) is 2. The second kappa shape index (κ2) is 5.54. The van der Waals surface area contributed by atoms with Crippen LogP contribution in [0.15, 0.2) is 48.5 Å². The standard InChI is InChI=1S/C15H15NO3/c1-19-13-7-3-5-11(9-13)14(16)10-4-2-6-12(8-10)15(17)18/h2-9,14H,16H2,1H3,(H,17,18). The zero-order valence-corrected chi connectivity index (χ0v) is 10.5. The van der Waals surface area contributed by atoms with E-state index in [4.69, 9.17) is 15.6 Å². The lowest BCUT2D eigenvalue weighted by Crippen LogP contribution is -2.12. The quantitative estimate of drug-likeness (QED) is 0.882. The number of carboxylic acid groups (broad SMARTS) is 1. The van der Waals surface area contributed by atoms with Gasteiger partial charge in [-0.05, 0) is 35.4 Å². The lowest BCUT2D eigenvalue weighted by atomic mass is 9.98. The highest BCUT2D eigenvalue weighted by Crippen LogP contribution is 2.23.